The Hall–Kier alpha value is -2.37. The highest BCUT2D eigenvalue weighted by atomic mass is 35.5. The van der Waals surface area contributed by atoms with E-state index in [-0.39, 0.29) is 12.5 Å². The van der Waals surface area contributed by atoms with Crippen LogP contribution in [-0.4, -0.2) is 17.5 Å². The number of hydrogen-bond acceptors (Lipinski definition) is 4. The molecule has 4 nitrogen and oxygen atoms in total. The van der Waals surface area contributed by atoms with Crippen LogP contribution < -0.4 is 10.1 Å². The standard InChI is InChI=1S/C20H19ClN2O2S/c1-3-14-4-6-15(7-5-14)18-12-26-20(22-18)23-19(24)11-25-16-8-9-17(21)13(2)10-16/h4-10,12H,3,11H2,1-2H3,(H,22,23,24). The molecule has 0 aliphatic heterocycles. The fourth-order valence-corrected chi connectivity index (χ4v) is 3.24. The third-order valence-corrected chi connectivity index (χ3v) is 5.09. The minimum Gasteiger partial charge on any atom is -0.484 e. The summed E-state index contributed by atoms with van der Waals surface area (Å²) in [6.45, 7) is 3.93. The molecule has 134 valence electrons. The Labute approximate surface area is 161 Å². The first-order valence-electron chi connectivity index (χ1n) is 8.29. The zero-order valence-electron chi connectivity index (χ0n) is 14.6. The van der Waals surface area contributed by atoms with E-state index in [1.54, 1.807) is 18.2 Å². The lowest BCUT2D eigenvalue weighted by atomic mass is 10.1. The molecule has 6 heteroatoms. The van der Waals surface area contributed by atoms with Crippen LogP contribution in [0.2, 0.25) is 5.02 Å². The first kappa shape index (κ1) is 18.4. The first-order chi connectivity index (χ1) is 12.5. The monoisotopic (exact) mass is 386 g/mol. The third-order valence-electron chi connectivity index (χ3n) is 3.91. The van der Waals surface area contributed by atoms with E-state index in [2.05, 4.69) is 29.4 Å². The van der Waals surface area contributed by atoms with Crippen LogP contribution in [-0.2, 0) is 11.2 Å². The Morgan fingerprint density at radius 2 is 2.00 bits per heavy atom. The largest absolute Gasteiger partial charge is 0.484 e. The van der Waals surface area contributed by atoms with Gasteiger partial charge in [-0.2, -0.15) is 0 Å². The highest BCUT2D eigenvalue weighted by molar-refractivity contribution is 7.14. The number of rotatable bonds is 6. The number of halogens is 1. The summed E-state index contributed by atoms with van der Waals surface area (Å²) >= 11 is 7.37. The summed E-state index contributed by atoms with van der Waals surface area (Å²) in [5.74, 6) is 0.359. The van der Waals surface area contributed by atoms with Crippen LogP contribution in [0.3, 0.4) is 0 Å². The molecular weight excluding hydrogens is 368 g/mol. The molecule has 1 aromatic heterocycles. The summed E-state index contributed by atoms with van der Waals surface area (Å²) in [7, 11) is 0. The van der Waals surface area contributed by atoms with E-state index in [1.165, 1.54) is 16.9 Å². The van der Waals surface area contributed by atoms with Crippen LogP contribution in [0.15, 0.2) is 47.8 Å². The van der Waals surface area contributed by atoms with Crippen molar-refractivity contribution in [2.45, 2.75) is 20.3 Å². The minimum atomic E-state index is -0.250. The molecule has 0 spiro atoms. The zero-order valence-corrected chi connectivity index (χ0v) is 16.2. The molecule has 0 fully saturated rings. The Morgan fingerprint density at radius 1 is 1.23 bits per heavy atom. The zero-order chi connectivity index (χ0) is 18.5. The molecule has 3 aromatic rings. The van der Waals surface area contributed by atoms with Gasteiger partial charge < -0.3 is 4.74 Å². The van der Waals surface area contributed by atoms with Crippen LogP contribution in [0.25, 0.3) is 11.3 Å². The predicted octanol–water partition coefficient (Wildman–Crippen LogP) is 5.35. The number of aryl methyl sites for hydroxylation is 2. The van der Waals surface area contributed by atoms with E-state index in [4.69, 9.17) is 16.3 Å². The Kier molecular flexibility index (Phi) is 5.91. The second kappa shape index (κ2) is 8.34. The van der Waals surface area contributed by atoms with Gasteiger partial charge in [0.15, 0.2) is 11.7 Å². The summed E-state index contributed by atoms with van der Waals surface area (Å²) in [5.41, 5.74) is 4.07. The molecule has 0 aliphatic rings. The number of nitrogens with one attached hydrogen (secondary N) is 1. The molecule has 0 saturated carbocycles. The second-order valence-electron chi connectivity index (χ2n) is 5.84. The summed E-state index contributed by atoms with van der Waals surface area (Å²) in [6, 6.07) is 13.6. The lowest BCUT2D eigenvalue weighted by molar-refractivity contribution is -0.118. The van der Waals surface area contributed by atoms with E-state index in [1.807, 2.05) is 24.4 Å². The molecule has 26 heavy (non-hydrogen) atoms. The number of anilines is 1. The molecule has 0 radical (unpaired) electrons. The smallest absolute Gasteiger partial charge is 0.264 e. The molecule has 0 unspecified atom stereocenters. The SMILES string of the molecule is CCc1ccc(-c2csc(NC(=O)COc3ccc(Cl)c(C)c3)n2)cc1. The van der Waals surface area contributed by atoms with Crippen molar-refractivity contribution in [2.75, 3.05) is 11.9 Å². The van der Waals surface area contributed by atoms with E-state index >= 15 is 0 Å². The molecule has 1 amide bonds. The van der Waals surface area contributed by atoms with Gasteiger partial charge in [-0.3, -0.25) is 10.1 Å². The highest BCUT2D eigenvalue weighted by Crippen LogP contribution is 2.25. The van der Waals surface area contributed by atoms with E-state index in [0.717, 1.165) is 23.2 Å². The predicted molar refractivity (Wildman–Crippen MR) is 107 cm³/mol. The van der Waals surface area contributed by atoms with Crippen molar-refractivity contribution in [3.63, 3.8) is 0 Å². The fraction of sp³-hybridized carbons (Fsp3) is 0.200. The summed E-state index contributed by atoms with van der Waals surface area (Å²) in [6.07, 6.45) is 1.01. The van der Waals surface area contributed by atoms with Gasteiger partial charge in [-0.05, 0) is 42.7 Å². The van der Waals surface area contributed by atoms with Crippen molar-refractivity contribution in [1.82, 2.24) is 4.98 Å². The molecule has 1 N–H and O–H groups in total. The van der Waals surface area contributed by atoms with Crippen molar-refractivity contribution in [3.05, 3.63) is 64.0 Å². The van der Waals surface area contributed by atoms with Gasteiger partial charge in [0, 0.05) is 16.0 Å². The van der Waals surface area contributed by atoms with Gasteiger partial charge in [0.2, 0.25) is 0 Å². The lowest BCUT2D eigenvalue weighted by Crippen LogP contribution is -2.20. The van der Waals surface area contributed by atoms with Gasteiger partial charge in [-0.15, -0.1) is 11.3 Å². The molecule has 0 bridgehead atoms. The number of thiazole rings is 1. The van der Waals surface area contributed by atoms with Gasteiger partial charge in [0.1, 0.15) is 5.75 Å². The number of benzene rings is 2. The molecule has 2 aromatic carbocycles. The number of carbonyl (C=O) groups excluding carboxylic acids is 1. The van der Waals surface area contributed by atoms with Crippen LogP contribution in [0.5, 0.6) is 5.75 Å². The van der Waals surface area contributed by atoms with Crippen molar-refractivity contribution >= 4 is 34.0 Å². The quantitative estimate of drug-likeness (QED) is 0.621. The Morgan fingerprint density at radius 3 is 2.69 bits per heavy atom. The number of nitrogens with zero attached hydrogens (tertiary/aromatic N) is 1. The summed E-state index contributed by atoms with van der Waals surface area (Å²) in [4.78, 5) is 16.5. The molecular formula is C20H19ClN2O2S. The van der Waals surface area contributed by atoms with Crippen molar-refractivity contribution < 1.29 is 9.53 Å². The first-order valence-corrected chi connectivity index (χ1v) is 9.54. The molecule has 0 atom stereocenters. The molecule has 0 saturated heterocycles. The van der Waals surface area contributed by atoms with Crippen LogP contribution >= 0.6 is 22.9 Å². The van der Waals surface area contributed by atoms with E-state index < -0.39 is 0 Å². The number of ether oxygens (including phenoxy) is 1. The van der Waals surface area contributed by atoms with Gasteiger partial charge in [-0.1, -0.05) is 42.8 Å². The Balaban J connectivity index is 1.57. The maximum Gasteiger partial charge on any atom is 0.264 e. The average molecular weight is 387 g/mol. The van der Waals surface area contributed by atoms with Gasteiger partial charge in [0.25, 0.3) is 5.91 Å². The molecule has 3 rings (SSSR count). The number of amides is 1. The van der Waals surface area contributed by atoms with E-state index in [0.29, 0.717) is 15.9 Å². The van der Waals surface area contributed by atoms with Crippen molar-refractivity contribution in [2.24, 2.45) is 0 Å². The van der Waals surface area contributed by atoms with Crippen LogP contribution in [0.1, 0.15) is 18.1 Å². The average Bonchev–Trinajstić information content (AvgIpc) is 3.11. The topological polar surface area (TPSA) is 51.2 Å². The van der Waals surface area contributed by atoms with E-state index in [9.17, 15) is 4.79 Å². The van der Waals surface area contributed by atoms with Crippen molar-refractivity contribution in [3.8, 4) is 17.0 Å². The maximum absolute atomic E-state index is 12.1. The molecule has 0 aliphatic carbocycles. The lowest BCUT2D eigenvalue weighted by Gasteiger charge is -2.07. The number of aromatic nitrogens is 1. The summed E-state index contributed by atoms with van der Waals surface area (Å²) in [5, 5.41) is 5.93. The molecule has 1 heterocycles. The van der Waals surface area contributed by atoms with Gasteiger partial charge >= 0.3 is 0 Å². The second-order valence-corrected chi connectivity index (χ2v) is 7.10. The van der Waals surface area contributed by atoms with Gasteiger partial charge in [-0.25, -0.2) is 4.98 Å². The number of hydrogen-bond donors (Lipinski definition) is 1. The normalized spacial score (nSPS) is 10.6. The fourth-order valence-electron chi connectivity index (χ4n) is 2.39. The van der Waals surface area contributed by atoms with Crippen molar-refractivity contribution in [1.29, 1.82) is 0 Å². The highest BCUT2D eigenvalue weighted by Gasteiger charge is 2.09. The van der Waals surface area contributed by atoms with Crippen LogP contribution in [0.4, 0.5) is 5.13 Å². The third kappa shape index (κ3) is 4.62. The minimum absolute atomic E-state index is 0.0822. The number of carbonyl (C=O) groups is 1. The van der Waals surface area contributed by atoms with Crippen LogP contribution in [0, 0.1) is 6.92 Å². The maximum atomic E-state index is 12.1. The Bertz CT molecular complexity index is 906. The van der Waals surface area contributed by atoms with Gasteiger partial charge in [0.05, 0.1) is 5.69 Å². The summed E-state index contributed by atoms with van der Waals surface area (Å²) < 4.78 is 5.50.